The number of amides is 2. The van der Waals surface area contributed by atoms with Crippen molar-refractivity contribution in [3.8, 4) is 0 Å². The average Bonchev–Trinajstić information content (AvgIpc) is 2.84. The quantitative estimate of drug-likeness (QED) is 0.659. The summed E-state index contributed by atoms with van der Waals surface area (Å²) in [6.45, 7) is 0.732. The van der Waals surface area contributed by atoms with E-state index in [9.17, 15) is 18.4 Å². The lowest BCUT2D eigenvalue weighted by Gasteiger charge is -2.17. The lowest BCUT2D eigenvalue weighted by molar-refractivity contribution is -0.137. The van der Waals surface area contributed by atoms with E-state index in [-0.39, 0.29) is 31.5 Å². The molecule has 1 heterocycles. The highest BCUT2D eigenvalue weighted by atomic mass is 19.3. The molecule has 1 aliphatic rings. The number of nitrogens with zero attached hydrogens (tertiary/aromatic N) is 1. The maximum atomic E-state index is 11.8. The standard InChI is InChI=1S/C12H20F2N2O4/c13-10(14)8-20-6-4-15-12(19)16-5-3-9(7-16)1-2-11(17)18/h9-10H,1-8H2,(H,15,19)(H,17,18). The fraction of sp³-hybridized carbons (Fsp3) is 0.833. The van der Waals surface area contributed by atoms with Gasteiger partial charge < -0.3 is 20.1 Å². The van der Waals surface area contributed by atoms with Gasteiger partial charge in [-0.1, -0.05) is 0 Å². The monoisotopic (exact) mass is 294 g/mol. The van der Waals surface area contributed by atoms with Crippen LogP contribution in [-0.2, 0) is 9.53 Å². The number of carboxylic acids is 1. The minimum absolute atomic E-state index is 0.0480. The highest BCUT2D eigenvalue weighted by Crippen LogP contribution is 2.20. The first kappa shape index (κ1) is 16.6. The van der Waals surface area contributed by atoms with Gasteiger partial charge in [-0.05, 0) is 18.8 Å². The number of rotatable bonds is 8. The van der Waals surface area contributed by atoms with Crippen molar-refractivity contribution >= 4 is 12.0 Å². The van der Waals surface area contributed by atoms with Crippen LogP contribution in [0, 0.1) is 5.92 Å². The van der Waals surface area contributed by atoms with E-state index in [0.717, 1.165) is 6.42 Å². The first-order chi connectivity index (χ1) is 9.49. The van der Waals surface area contributed by atoms with Crippen molar-refractivity contribution in [3.63, 3.8) is 0 Å². The van der Waals surface area contributed by atoms with Crippen molar-refractivity contribution in [2.75, 3.05) is 32.8 Å². The zero-order chi connectivity index (χ0) is 15.0. The summed E-state index contributed by atoms with van der Waals surface area (Å²) in [6.07, 6.45) is -1.03. The van der Waals surface area contributed by atoms with Crippen LogP contribution in [-0.4, -0.2) is 61.3 Å². The first-order valence-electron chi connectivity index (χ1n) is 6.59. The molecule has 8 heteroatoms. The Bertz CT molecular complexity index is 329. The molecule has 1 aliphatic heterocycles. The van der Waals surface area contributed by atoms with Crippen LogP contribution >= 0.6 is 0 Å². The van der Waals surface area contributed by atoms with Gasteiger partial charge in [0, 0.05) is 26.1 Å². The molecule has 0 aromatic heterocycles. The number of alkyl halides is 2. The summed E-state index contributed by atoms with van der Waals surface area (Å²) in [7, 11) is 0. The maximum Gasteiger partial charge on any atom is 0.317 e. The molecule has 0 aliphatic carbocycles. The fourth-order valence-electron chi connectivity index (χ4n) is 2.09. The minimum atomic E-state index is -2.50. The Morgan fingerprint density at radius 1 is 1.45 bits per heavy atom. The number of aliphatic carboxylic acids is 1. The molecule has 20 heavy (non-hydrogen) atoms. The van der Waals surface area contributed by atoms with Gasteiger partial charge in [0.2, 0.25) is 0 Å². The van der Waals surface area contributed by atoms with Crippen LogP contribution in [0.4, 0.5) is 13.6 Å². The van der Waals surface area contributed by atoms with E-state index in [0.29, 0.717) is 19.5 Å². The van der Waals surface area contributed by atoms with Gasteiger partial charge in [0.1, 0.15) is 6.61 Å². The van der Waals surface area contributed by atoms with Gasteiger partial charge in [0.25, 0.3) is 6.43 Å². The Morgan fingerprint density at radius 2 is 2.20 bits per heavy atom. The van der Waals surface area contributed by atoms with Gasteiger partial charge in [0.15, 0.2) is 0 Å². The number of carbonyl (C=O) groups is 2. The van der Waals surface area contributed by atoms with E-state index in [1.165, 1.54) is 0 Å². The predicted molar refractivity (Wildman–Crippen MR) is 66.8 cm³/mol. The SMILES string of the molecule is O=C(O)CCC1CCN(C(=O)NCCOCC(F)F)C1. The number of carboxylic acid groups (broad SMARTS) is 1. The van der Waals surface area contributed by atoms with Gasteiger partial charge in [-0.15, -0.1) is 0 Å². The van der Waals surface area contributed by atoms with Crippen LogP contribution in [0.2, 0.25) is 0 Å². The van der Waals surface area contributed by atoms with Gasteiger partial charge in [0.05, 0.1) is 6.61 Å². The molecular weight excluding hydrogens is 274 g/mol. The molecule has 1 saturated heterocycles. The van der Waals surface area contributed by atoms with Gasteiger partial charge in [-0.25, -0.2) is 13.6 Å². The zero-order valence-corrected chi connectivity index (χ0v) is 11.2. The van der Waals surface area contributed by atoms with Crippen LogP contribution in [0.15, 0.2) is 0 Å². The summed E-state index contributed by atoms with van der Waals surface area (Å²) in [5, 5.41) is 11.2. The molecule has 0 bridgehead atoms. The zero-order valence-electron chi connectivity index (χ0n) is 11.2. The Balaban J connectivity index is 2.10. The summed E-state index contributed by atoms with van der Waals surface area (Å²) in [6, 6.07) is -0.261. The smallest absolute Gasteiger partial charge is 0.317 e. The minimum Gasteiger partial charge on any atom is -0.481 e. The topological polar surface area (TPSA) is 78.9 Å². The predicted octanol–water partition coefficient (Wildman–Crippen LogP) is 1.16. The van der Waals surface area contributed by atoms with E-state index in [4.69, 9.17) is 5.11 Å². The molecule has 0 aromatic carbocycles. The Kier molecular flexibility index (Phi) is 7.21. The van der Waals surface area contributed by atoms with E-state index in [1.54, 1.807) is 4.90 Å². The van der Waals surface area contributed by atoms with Crippen LogP contribution in [0.5, 0.6) is 0 Å². The average molecular weight is 294 g/mol. The molecule has 6 nitrogen and oxygen atoms in total. The number of hydrogen-bond acceptors (Lipinski definition) is 3. The molecule has 0 aromatic rings. The van der Waals surface area contributed by atoms with Crippen molar-refractivity contribution < 1.29 is 28.2 Å². The molecule has 1 rings (SSSR count). The largest absolute Gasteiger partial charge is 0.481 e. The molecule has 116 valence electrons. The van der Waals surface area contributed by atoms with Crippen molar-refractivity contribution in [1.29, 1.82) is 0 Å². The molecule has 1 atom stereocenters. The highest BCUT2D eigenvalue weighted by molar-refractivity contribution is 5.74. The number of hydrogen-bond donors (Lipinski definition) is 2. The highest BCUT2D eigenvalue weighted by Gasteiger charge is 2.26. The second kappa shape index (κ2) is 8.68. The fourth-order valence-corrected chi connectivity index (χ4v) is 2.09. The number of urea groups is 1. The van der Waals surface area contributed by atoms with Crippen LogP contribution in [0.3, 0.4) is 0 Å². The van der Waals surface area contributed by atoms with Crippen molar-refractivity contribution in [2.45, 2.75) is 25.7 Å². The number of ether oxygens (including phenoxy) is 1. The van der Waals surface area contributed by atoms with Gasteiger partial charge in [-0.3, -0.25) is 4.79 Å². The lowest BCUT2D eigenvalue weighted by atomic mass is 10.0. The first-order valence-corrected chi connectivity index (χ1v) is 6.59. The Morgan fingerprint density at radius 3 is 2.85 bits per heavy atom. The second-order valence-electron chi connectivity index (χ2n) is 4.73. The molecule has 0 radical (unpaired) electrons. The third-order valence-electron chi connectivity index (χ3n) is 3.11. The van der Waals surface area contributed by atoms with Crippen LogP contribution in [0.25, 0.3) is 0 Å². The van der Waals surface area contributed by atoms with Crippen molar-refractivity contribution in [3.05, 3.63) is 0 Å². The molecule has 1 fully saturated rings. The van der Waals surface area contributed by atoms with E-state index in [2.05, 4.69) is 10.1 Å². The number of halogens is 2. The van der Waals surface area contributed by atoms with E-state index < -0.39 is 19.0 Å². The summed E-state index contributed by atoms with van der Waals surface area (Å²) < 4.78 is 28.2. The van der Waals surface area contributed by atoms with Crippen molar-refractivity contribution in [1.82, 2.24) is 10.2 Å². The summed E-state index contributed by atoms with van der Waals surface area (Å²) in [5.74, 6) is -0.615. The molecule has 2 amide bonds. The number of likely N-dealkylation sites (tertiary alicyclic amines) is 1. The van der Waals surface area contributed by atoms with Crippen molar-refractivity contribution in [2.24, 2.45) is 5.92 Å². The number of nitrogens with one attached hydrogen (secondary N) is 1. The molecule has 0 saturated carbocycles. The molecule has 1 unspecified atom stereocenters. The molecular formula is C12H20F2N2O4. The Labute approximate surface area is 116 Å². The third kappa shape index (κ3) is 6.65. The number of carbonyl (C=O) groups excluding carboxylic acids is 1. The summed E-state index contributed by atoms with van der Waals surface area (Å²) >= 11 is 0. The van der Waals surface area contributed by atoms with E-state index >= 15 is 0 Å². The van der Waals surface area contributed by atoms with Gasteiger partial charge in [-0.2, -0.15) is 0 Å². The maximum absolute atomic E-state index is 11.8. The summed E-state index contributed by atoms with van der Waals surface area (Å²) in [5.41, 5.74) is 0. The lowest BCUT2D eigenvalue weighted by Crippen LogP contribution is -2.40. The molecule has 2 N–H and O–H groups in total. The summed E-state index contributed by atoms with van der Waals surface area (Å²) in [4.78, 5) is 23.8. The Hall–Kier alpha value is -1.44. The molecule has 0 spiro atoms. The van der Waals surface area contributed by atoms with Gasteiger partial charge >= 0.3 is 12.0 Å². The van der Waals surface area contributed by atoms with Crippen LogP contribution < -0.4 is 5.32 Å². The second-order valence-corrected chi connectivity index (χ2v) is 4.73. The third-order valence-corrected chi connectivity index (χ3v) is 3.11. The van der Waals surface area contributed by atoms with Crippen LogP contribution in [0.1, 0.15) is 19.3 Å². The van der Waals surface area contributed by atoms with E-state index in [1.807, 2.05) is 0 Å². The normalized spacial score (nSPS) is 18.6.